The molecule has 0 fully saturated rings. The minimum atomic E-state index is -4.46. The second-order valence-corrected chi connectivity index (χ2v) is 5.13. The Morgan fingerprint density at radius 3 is 2.00 bits per heavy atom. The molecule has 0 aromatic heterocycles. The molecule has 2 nitrogen and oxygen atoms in total. The van der Waals surface area contributed by atoms with Gasteiger partial charge in [-0.2, -0.15) is 13.2 Å². The molecule has 0 aliphatic rings. The molecule has 0 saturated heterocycles. The van der Waals surface area contributed by atoms with E-state index in [9.17, 15) is 13.2 Å². The molecule has 0 amide bonds. The lowest BCUT2D eigenvalue weighted by Gasteiger charge is -2.10. The van der Waals surface area contributed by atoms with E-state index in [0.717, 1.165) is 11.1 Å². The van der Waals surface area contributed by atoms with Crippen LogP contribution in [0, 0.1) is 0 Å². The number of aryl methyl sites for hydroxylation is 1. The number of halogens is 3. The van der Waals surface area contributed by atoms with Crippen molar-refractivity contribution in [1.82, 2.24) is 0 Å². The maximum absolute atomic E-state index is 13.0. The number of benzene rings is 2. The molecule has 5 heteroatoms. The van der Waals surface area contributed by atoms with Gasteiger partial charge in [-0.05, 0) is 30.4 Å². The summed E-state index contributed by atoms with van der Waals surface area (Å²) in [5.74, 6) is 0. The van der Waals surface area contributed by atoms with Crippen molar-refractivity contribution in [2.24, 2.45) is 5.16 Å². The van der Waals surface area contributed by atoms with Gasteiger partial charge >= 0.3 is 6.18 Å². The Balaban J connectivity index is 1.87. The SMILES string of the molecule is FC(F)(F)/C(CCCc1ccccc1)=N\OCc1ccccc1. The van der Waals surface area contributed by atoms with Crippen LogP contribution in [0.15, 0.2) is 65.8 Å². The van der Waals surface area contributed by atoms with Crippen molar-refractivity contribution in [3.8, 4) is 0 Å². The van der Waals surface area contributed by atoms with Gasteiger partial charge in [0.25, 0.3) is 0 Å². The summed E-state index contributed by atoms with van der Waals surface area (Å²) in [6.45, 7) is 0.0269. The number of nitrogens with zero attached hydrogens (tertiary/aromatic N) is 1. The van der Waals surface area contributed by atoms with Crippen molar-refractivity contribution < 1.29 is 18.0 Å². The summed E-state index contributed by atoms with van der Waals surface area (Å²) in [6.07, 6.45) is -3.67. The molecule has 0 aliphatic carbocycles. The van der Waals surface area contributed by atoms with Crippen LogP contribution < -0.4 is 0 Å². The average molecular weight is 321 g/mol. The third kappa shape index (κ3) is 6.14. The summed E-state index contributed by atoms with van der Waals surface area (Å²) in [5.41, 5.74) is 0.922. The first-order chi connectivity index (χ1) is 11.1. The zero-order chi connectivity index (χ0) is 16.5. The second kappa shape index (κ2) is 8.36. The second-order valence-electron chi connectivity index (χ2n) is 5.13. The molecule has 23 heavy (non-hydrogen) atoms. The smallest absolute Gasteiger partial charge is 0.391 e. The van der Waals surface area contributed by atoms with Crippen molar-refractivity contribution in [1.29, 1.82) is 0 Å². The minimum Gasteiger partial charge on any atom is -0.391 e. The first-order valence-corrected chi connectivity index (χ1v) is 7.39. The van der Waals surface area contributed by atoms with Crippen LogP contribution in [0.5, 0.6) is 0 Å². The minimum absolute atomic E-state index is 0.0269. The summed E-state index contributed by atoms with van der Waals surface area (Å²) >= 11 is 0. The van der Waals surface area contributed by atoms with E-state index in [1.165, 1.54) is 0 Å². The first kappa shape index (κ1) is 17.1. The number of hydrogen-bond acceptors (Lipinski definition) is 2. The maximum atomic E-state index is 13.0. The number of oxime groups is 1. The molecule has 0 saturated carbocycles. The molecule has 2 rings (SSSR count). The van der Waals surface area contributed by atoms with Crippen molar-refractivity contribution in [2.75, 3.05) is 0 Å². The molecule has 0 unspecified atom stereocenters. The van der Waals surface area contributed by atoms with Crippen molar-refractivity contribution in [2.45, 2.75) is 32.0 Å². The average Bonchev–Trinajstić information content (AvgIpc) is 2.54. The fraction of sp³-hybridized carbons (Fsp3) is 0.278. The van der Waals surface area contributed by atoms with E-state index >= 15 is 0 Å². The van der Waals surface area contributed by atoms with Gasteiger partial charge in [-0.1, -0.05) is 65.8 Å². The van der Waals surface area contributed by atoms with Crippen LogP contribution in [0.3, 0.4) is 0 Å². The van der Waals surface area contributed by atoms with Crippen LogP contribution >= 0.6 is 0 Å². The highest BCUT2D eigenvalue weighted by Gasteiger charge is 2.35. The normalized spacial score (nSPS) is 12.2. The van der Waals surface area contributed by atoms with Crippen LogP contribution in [0.2, 0.25) is 0 Å². The summed E-state index contributed by atoms with van der Waals surface area (Å²) in [5, 5.41) is 3.31. The van der Waals surface area contributed by atoms with Gasteiger partial charge in [0.1, 0.15) is 6.61 Å². The van der Waals surface area contributed by atoms with E-state index in [4.69, 9.17) is 4.84 Å². The van der Waals surface area contributed by atoms with E-state index in [2.05, 4.69) is 5.16 Å². The molecule has 122 valence electrons. The Bertz CT molecular complexity index is 609. The lowest BCUT2D eigenvalue weighted by Crippen LogP contribution is -2.23. The fourth-order valence-electron chi connectivity index (χ4n) is 2.10. The van der Waals surface area contributed by atoms with E-state index in [1.807, 2.05) is 36.4 Å². The molecule has 0 N–H and O–H groups in total. The largest absolute Gasteiger partial charge is 0.432 e. The van der Waals surface area contributed by atoms with Crippen molar-refractivity contribution >= 4 is 5.71 Å². The predicted octanol–water partition coefficient (Wildman–Crippen LogP) is 5.14. The Hall–Kier alpha value is -2.30. The fourth-order valence-corrected chi connectivity index (χ4v) is 2.10. The monoisotopic (exact) mass is 321 g/mol. The summed E-state index contributed by atoms with van der Waals surface area (Å²) in [6, 6.07) is 18.4. The van der Waals surface area contributed by atoms with Gasteiger partial charge in [-0.25, -0.2) is 0 Å². The molecule has 0 heterocycles. The summed E-state index contributed by atoms with van der Waals surface area (Å²) in [4.78, 5) is 4.88. The number of alkyl halides is 3. The standard InChI is InChI=1S/C18H18F3NO/c19-18(20,21)17(13-7-12-15-8-3-1-4-9-15)22-23-14-16-10-5-2-6-11-16/h1-6,8-11H,7,12-14H2/b22-17-. The predicted molar refractivity (Wildman–Crippen MR) is 84.1 cm³/mol. The third-order valence-electron chi connectivity index (χ3n) is 3.30. The van der Waals surface area contributed by atoms with E-state index in [-0.39, 0.29) is 13.0 Å². The van der Waals surface area contributed by atoms with Crippen LogP contribution in [0.1, 0.15) is 24.0 Å². The first-order valence-electron chi connectivity index (χ1n) is 7.39. The molecule has 0 bridgehead atoms. The Kier molecular flexibility index (Phi) is 6.20. The van der Waals surface area contributed by atoms with E-state index in [1.54, 1.807) is 24.3 Å². The highest BCUT2D eigenvalue weighted by molar-refractivity contribution is 5.89. The molecule has 0 atom stereocenters. The Labute approximate surface area is 133 Å². The lowest BCUT2D eigenvalue weighted by atomic mass is 10.1. The summed E-state index contributed by atoms with van der Waals surface area (Å²) < 4.78 is 38.9. The molecular weight excluding hydrogens is 303 g/mol. The van der Waals surface area contributed by atoms with Gasteiger partial charge in [-0.15, -0.1) is 0 Å². The van der Waals surface area contributed by atoms with Gasteiger partial charge in [0, 0.05) is 0 Å². The van der Waals surface area contributed by atoms with Crippen LogP contribution in [-0.4, -0.2) is 11.9 Å². The molecule has 2 aromatic rings. The Morgan fingerprint density at radius 1 is 0.870 bits per heavy atom. The number of rotatable bonds is 7. The van der Waals surface area contributed by atoms with Gasteiger partial charge in [0.2, 0.25) is 0 Å². The molecule has 0 radical (unpaired) electrons. The zero-order valence-electron chi connectivity index (χ0n) is 12.6. The maximum Gasteiger partial charge on any atom is 0.432 e. The highest BCUT2D eigenvalue weighted by atomic mass is 19.4. The van der Waals surface area contributed by atoms with Crippen LogP contribution in [-0.2, 0) is 17.9 Å². The molecule has 0 aliphatic heterocycles. The number of hydrogen-bond donors (Lipinski definition) is 0. The highest BCUT2D eigenvalue weighted by Crippen LogP contribution is 2.21. The molecule has 2 aromatic carbocycles. The van der Waals surface area contributed by atoms with Crippen molar-refractivity contribution in [3.63, 3.8) is 0 Å². The topological polar surface area (TPSA) is 21.6 Å². The van der Waals surface area contributed by atoms with Crippen molar-refractivity contribution in [3.05, 3.63) is 71.8 Å². The van der Waals surface area contributed by atoms with Gasteiger partial charge in [0.05, 0.1) is 0 Å². The molecule has 0 spiro atoms. The lowest BCUT2D eigenvalue weighted by molar-refractivity contribution is -0.0645. The van der Waals surface area contributed by atoms with Crippen LogP contribution in [0.4, 0.5) is 13.2 Å². The zero-order valence-corrected chi connectivity index (χ0v) is 12.6. The van der Waals surface area contributed by atoms with Gasteiger partial charge in [-0.3, -0.25) is 0 Å². The Morgan fingerprint density at radius 2 is 1.43 bits per heavy atom. The molecular formula is C18H18F3NO. The van der Waals surface area contributed by atoms with Gasteiger partial charge < -0.3 is 4.84 Å². The van der Waals surface area contributed by atoms with Gasteiger partial charge in [0.15, 0.2) is 5.71 Å². The van der Waals surface area contributed by atoms with E-state index < -0.39 is 11.9 Å². The quantitative estimate of drug-likeness (QED) is 0.511. The summed E-state index contributed by atoms with van der Waals surface area (Å²) in [7, 11) is 0. The third-order valence-corrected chi connectivity index (χ3v) is 3.30. The van der Waals surface area contributed by atoms with E-state index in [0.29, 0.717) is 12.8 Å². The van der Waals surface area contributed by atoms with Crippen LogP contribution in [0.25, 0.3) is 0 Å².